The summed E-state index contributed by atoms with van der Waals surface area (Å²) in [5.74, 6) is 0.836. The molecule has 0 bridgehead atoms. The number of guanidine groups is 1. The molecule has 0 amide bonds. The van der Waals surface area contributed by atoms with E-state index in [2.05, 4.69) is 41.8 Å². The smallest absolute Gasteiger partial charge is 0.191 e. The normalized spacial score (nSPS) is 19.5. The molecule has 1 aromatic heterocycles. The first-order valence-corrected chi connectivity index (χ1v) is 8.88. The lowest BCUT2D eigenvalue weighted by atomic mass is 9.93. The quantitative estimate of drug-likeness (QED) is 0.645. The zero-order chi connectivity index (χ0) is 16.0. The van der Waals surface area contributed by atoms with E-state index < -0.39 is 0 Å². The second kappa shape index (κ2) is 7.92. The van der Waals surface area contributed by atoms with Crippen molar-refractivity contribution >= 4 is 17.3 Å². The van der Waals surface area contributed by atoms with Crippen LogP contribution in [0.25, 0.3) is 0 Å². The van der Waals surface area contributed by atoms with Crippen molar-refractivity contribution in [2.24, 2.45) is 4.99 Å². The molecule has 2 heterocycles. The molecule has 1 unspecified atom stereocenters. The van der Waals surface area contributed by atoms with Gasteiger partial charge in [0.2, 0.25) is 0 Å². The van der Waals surface area contributed by atoms with Crippen LogP contribution in [0.2, 0.25) is 0 Å². The van der Waals surface area contributed by atoms with Gasteiger partial charge in [-0.2, -0.15) is 0 Å². The van der Waals surface area contributed by atoms with Crippen LogP contribution in [0.15, 0.2) is 10.4 Å². The Kier molecular flexibility index (Phi) is 6.20. The highest BCUT2D eigenvalue weighted by Crippen LogP contribution is 2.23. The van der Waals surface area contributed by atoms with E-state index in [1.54, 1.807) is 18.4 Å². The van der Waals surface area contributed by atoms with Gasteiger partial charge in [0.25, 0.3) is 0 Å². The van der Waals surface area contributed by atoms with Crippen LogP contribution in [-0.4, -0.2) is 43.8 Å². The van der Waals surface area contributed by atoms with Gasteiger partial charge in [-0.3, -0.25) is 4.99 Å². The van der Waals surface area contributed by atoms with Gasteiger partial charge < -0.3 is 15.4 Å². The Balaban J connectivity index is 1.71. The highest BCUT2D eigenvalue weighted by Gasteiger charge is 2.17. The molecule has 0 aromatic carbocycles. The number of ether oxygens (including phenoxy) is 1. The van der Waals surface area contributed by atoms with Gasteiger partial charge in [0, 0.05) is 44.0 Å². The minimum atomic E-state index is 0.126. The van der Waals surface area contributed by atoms with Crippen LogP contribution in [-0.2, 0) is 16.6 Å². The molecule has 1 aromatic rings. The van der Waals surface area contributed by atoms with Crippen LogP contribution in [0.1, 0.15) is 44.3 Å². The fraction of sp³-hybridized carbons (Fsp3) is 0.750. The van der Waals surface area contributed by atoms with Gasteiger partial charge >= 0.3 is 0 Å². The summed E-state index contributed by atoms with van der Waals surface area (Å²) in [5.41, 5.74) is 1.30. The van der Waals surface area contributed by atoms with Crippen molar-refractivity contribution in [2.75, 3.05) is 26.7 Å². The number of aromatic nitrogens is 1. The molecule has 0 radical (unpaired) electrons. The minimum absolute atomic E-state index is 0.126. The lowest BCUT2D eigenvalue weighted by Gasteiger charge is -2.15. The first kappa shape index (κ1) is 17.2. The SMILES string of the molecule is CN=C(NCCc1nc(C(C)(C)C)cs1)NCC1CCCO1. The van der Waals surface area contributed by atoms with Gasteiger partial charge in [0.1, 0.15) is 0 Å². The van der Waals surface area contributed by atoms with Gasteiger partial charge in [0.15, 0.2) is 5.96 Å². The largest absolute Gasteiger partial charge is 0.376 e. The summed E-state index contributed by atoms with van der Waals surface area (Å²) in [6, 6.07) is 0. The van der Waals surface area contributed by atoms with Crippen molar-refractivity contribution in [1.82, 2.24) is 15.6 Å². The van der Waals surface area contributed by atoms with Gasteiger partial charge in [-0.1, -0.05) is 20.8 Å². The summed E-state index contributed by atoms with van der Waals surface area (Å²) < 4.78 is 5.60. The maximum atomic E-state index is 5.60. The van der Waals surface area contributed by atoms with E-state index in [9.17, 15) is 0 Å². The van der Waals surface area contributed by atoms with Crippen molar-refractivity contribution in [3.05, 3.63) is 16.1 Å². The second-order valence-corrected chi connectivity index (χ2v) is 7.58. The molecular weight excluding hydrogens is 296 g/mol. The predicted octanol–water partition coefficient (Wildman–Crippen LogP) is 2.33. The molecule has 1 aliphatic rings. The lowest BCUT2D eigenvalue weighted by molar-refractivity contribution is 0.114. The van der Waals surface area contributed by atoms with Crippen molar-refractivity contribution in [3.63, 3.8) is 0 Å². The summed E-state index contributed by atoms with van der Waals surface area (Å²) in [6.07, 6.45) is 3.55. The average molecular weight is 324 g/mol. The number of nitrogens with zero attached hydrogens (tertiary/aromatic N) is 2. The highest BCUT2D eigenvalue weighted by molar-refractivity contribution is 7.09. The minimum Gasteiger partial charge on any atom is -0.376 e. The number of hydrogen-bond donors (Lipinski definition) is 2. The van der Waals surface area contributed by atoms with Crippen LogP contribution < -0.4 is 10.6 Å². The zero-order valence-corrected chi connectivity index (χ0v) is 14.9. The van der Waals surface area contributed by atoms with Crippen molar-refractivity contribution in [3.8, 4) is 0 Å². The van der Waals surface area contributed by atoms with Crippen molar-refractivity contribution in [2.45, 2.75) is 51.6 Å². The Morgan fingerprint density at radius 2 is 2.27 bits per heavy atom. The van der Waals surface area contributed by atoms with Crippen LogP contribution in [0.3, 0.4) is 0 Å². The van der Waals surface area contributed by atoms with Crippen LogP contribution in [0.4, 0.5) is 0 Å². The Labute approximate surface area is 137 Å². The fourth-order valence-electron chi connectivity index (χ4n) is 2.29. The number of hydrogen-bond acceptors (Lipinski definition) is 4. The maximum absolute atomic E-state index is 5.60. The van der Waals surface area contributed by atoms with E-state index in [1.807, 2.05) is 0 Å². The van der Waals surface area contributed by atoms with E-state index in [-0.39, 0.29) is 5.41 Å². The van der Waals surface area contributed by atoms with Gasteiger partial charge in [-0.15, -0.1) is 11.3 Å². The monoisotopic (exact) mass is 324 g/mol. The molecule has 6 heteroatoms. The van der Waals surface area contributed by atoms with Crippen molar-refractivity contribution in [1.29, 1.82) is 0 Å². The Morgan fingerprint density at radius 3 is 2.86 bits per heavy atom. The molecule has 1 atom stereocenters. The van der Waals surface area contributed by atoms with Gasteiger partial charge in [0.05, 0.1) is 16.8 Å². The Bertz CT molecular complexity index is 487. The summed E-state index contributed by atoms with van der Waals surface area (Å²) in [5, 5.41) is 10.0. The summed E-state index contributed by atoms with van der Waals surface area (Å²) >= 11 is 1.74. The molecular formula is C16H28N4OS. The second-order valence-electron chi connectivity index (χ2n) is 6.64. The Hall–Kier alpha value is -1.14. The molecule has 1 saturated heterocycles. The van der Waals surface area contributed by atoms with E-state index in [1.165, 1.54) is 17.1 Å². The fourth-order valence-corrected chi connectivity index (χ4v) is 3.32. The van der Waals surface area contributed by atoms with Crippen LogP contribution >= 0.6 is 11.3 Å². The van der Waals surface area contributed by atoms with Crippen molar-refractivity contribution < 1.29 is 4.74 Å². The standard InChI is InChI=1S/C16H28N4OS/c1-16(2,3)13-11-22-14(20-13)7-8-18-15(17-4)19-10-12-6-5-9-21-12/h11-12H,5-10H2,1-4H3,(H2,17,18,19). The molecule has 0 saturated carbocycles. The molecule has 1 fully saturated rings. The van der Waals surface area contributed by atoms with E-state index in [4.69, 9.17) is 9.72 Å². The summed E-state index contributed by atoms with van der Waals surface area (Å²) in [4.78, 5) is 8.96. The molecule has 2 rings (SSSR count). The number of rotatable bonds is 5. The number of aliphatic imine (C=N–C) groups is 1. The zero-order valence-electron chi connectivity index (χ0n) is 14.1. The number of thiazole rings is 1. The predicted molar refractivity (Wildman–Crippen MR) is 92.9 cm³/mol. The topological polar surface area (TPSA) is 58.5 Å². The molecule has 1 aliphatic heterocycles. The van der Waals surface area contributed by atoms with E-state index in [0.717, 1.165) is 38.5 Å². The average Bonchev–Trinajstić information content (AvgIpc) is 3.13. The molecule has 0 spiro atoms. The van der Waals surface area contributed by atoms with Gasteiger partial charge in [-0.05, 0) is 12.8 Å². The maximum Gasteiger partial charge on any atom is 0.191 e. The first-order valence-electron chi connectivity index (χ1n) is 8.00. The lowest BCUT2D eigenvalue weighted by Crippen LogP contribution is -2.41. The highest BCUT2D eigenvalue weighted by atomic mass is 32.1. The third-order valence-electron chi connectivity index (χ3n) is 3.70. The number of nitrogens with one attached hydrogen (secondary N) is 2. The molecule has 0 aliphatic carbocycles. The van der Waals surface area contributed by atoms with E-state index >= 15 is 0 Å². The molecule has 22 heavy (non-hydrogen) atoms. The Morgan fingerprint density at radius 1 is 1.45 bits per heavy atom. The van der Waals surface area contributed by atoms with Crippen LogP contribution in [0.5, 0.6) is 0 Å². The third kappa shape index (κ3) is 5.25. The van der Waals surface area contributed by atoms with Gasteiger partial charge in [-0.25, -0.2) is 4.98 Å². The first-order chi connectivity index (χ1) is 10.5. The van der Waals surface area contributed by atoms with E-state index in [0.29, 0.717) is 6.10 Å². The molecule has 5 nitrogen and oxygen atoms in total. The summed E-state index contributed by atoms with van der Waals surface area (Å²) in [7, 11) is 1.80. The molecule has 124 valence electrons. The van der Waals surface area contributed by atoms with Crippen LogP contribution in [0, 0.1) is 0 Å². The third-order valence-corrected chi connectivity index (χ3v) is 4.60. The molecule has 2 N–H and O–H groups in total. The summed E-state index contributed by atoms with van der Waals surface area (Å²) in [6.45, 7) is 9.13.